The van der Waals surface area contributed by atoms with E-state index in [4.69, 9.17) is 16.3 Å². The molecule has 4 amide bonds. The molecule has 2 aliphatic rings. The van der Waals surface area contributed by atoms with Crippen LogP contribution in [0.25, 0.3) is 0 Å². The molecule has 1 fully saturated rings. The van der Waals surface area contributed by atoms with Crippen LogP contribution in [0.2, 0.25) is 5.15 Å². The lowest BCUT2D eigenvalue weighted by molar-refractivity contribution is -0.124. The van der Waals surface area contributed by atoms with Crippen LogP contribution in [0.4, 0.5) is 4.79 Å². The largest absolute Gasteiger partial charge is 0.497 e. The van der Waals surface area contributed by atoms with Crippen molar-refractivity contribution >= 4 is 29.4 Å². The number of ether oxygens (including phenoxy) is 1. The molecular weight excluding hydrogens is 374 g/mol. The number of amides is 4. The van der Waals surface area contributed by atoms with Crippen molar-refractivity contribution in [2.75, 3.05) is 13.7 Å². The average Bonchev–Trinajstić information content (AvgIpc) is 3.11. The smallest absolute Gasteiger partial charge is 0.322 e. The molecule has 0 unspecified atom stereocenters. The Morgan fingerprint density at radius 3 is 2.81 bits per heavy atom. The molecule has 2 N–H and O–H groups in total. The molecule has 0 saturated carbocycles. The minimum absolute atomic E-state index is 0.0215. The highest BCUT2D eigenvalue weighted by Gasteiger charge is 2.52. The number of nitrogens with zero attached hydrogens (tertiary/aromatic N) is 3. The van der Waals surface area contributed by atoms with Gasteiger partial charge in [-0.25, -0.2) is 14.8 Å². The molecule has 2 aliphatic heterocycles. The number of aromatic nitrogens is 2. The van der Waals surface area contributed by atoms with Gasteiger partial charge in [0, 0.05) is 23.9 Å². The topological polar surface area (TPSA) is 114 Å². The highest BCUT2D eigenvalue weighted by Crippen LogP contribution is 2.34. The summed E-state index contributed by atoms with van der Waals surface area (Å²) in [5.41, 5.74) is -0.0610. The van der Waals surface area contributed by atoms with Gasteiger partial charge in [-0.15, -0.1) is 0 Å². The summed E-state index contributed by atoms with van der Waals surface area (Å²) in [6, 6.07) is 4.53. The van der Waals surface area contributed by atoms with Gasteiger partial charge in [0.15, 0.2) is 5.54 Å². The number of nitrogens with one attached hydrogen (secondary N) is 2. The SMILES string of the molecule is COc1ccc2c(c1)C(=O)N(C[C@@]1(c3cncnc3Cl)NC(=O)NC1=O)C2. The molecule has 1 aromatic carbocycles. The van der Waals surface area contributed by atoms with Crippen LogP contribution in [0.15, 0.2) is 30.7 Å². The maximum atomic E-state index is 12.9. The molecule has 0 spiro atoms. The highest BCUT2D eigenvalue weighted by molar-refractivity contribution is 6.30. The van der Waals surface area contributed by atoms with Gasteiger partial charge in [-0.05, 0) is 17.7 Å². The van der Waals surface area contributed by atoms with E-state index in [1.54, 1.807) is 18.2 Å². The van der Waals surface area contributed by atoms with E-state index in [-0.39, 0.29) is 29.7 Å². The van der Waals surface area contributed by atoms with Crippen molar-refractivity contribution in [3.05, 3.63) is 52.6 Å². The van der Waals surface area contributed by atoms with E-state index in [9.17, 15) is 14.4 Å². The number of carbonyl (C=O) groups is 3. The second kappa shape index (κ2) is 6.20. The lowest BCUT2D eigenvalue weighted by atomic mass is 9.91. The van der Waals surface area contributed by atoms with E-state index in [1.165, 1.54) is 24.5 Å². The molecule has 1 atom stereocenters. The number of rotatable bonds is 4. The molecule has 27 heavy (non-hydrogen) atoms. The molecule has 0 bridgehead atoms. The van der Waals surface area contributed by atoms with Crippen LogP contribution in [0.1, 0.15) is 21.5 Å². The first-order chi connectivity index (χ1) is 12.9. The van der Waals surface area contributed by atoms with Crippen molar-refractivity contribution < 1.29 is 19.1 Å². The number of methoxy groups -OCH3 is 1. The maximum Gasteiger partial charge on any atom is 0.322 e. The van der Waals surface area contributed by atoms with Crippen LogP contribution in [0.3, 0.4) is 0 Å². The molecule has 10 heteroatoms. The van der Waals surface area contributed by atoms with E-state index in [0.29, 0.717) is 11.3 Å². The number of fused-ring (bicyclic) bond motifs is 1. The van der Waals surface area contributed by atoms with Crippen molar-refractivity contribution in [2.45, 2.75) is 12.1 Å². The summed E-state index contributed by atoms with van der Waals surface area (Å²) in [4.78, 5) is 46.6. The second-order valence-corrected chi connectivity index (χ2v) is 6.58. The van der Waals surface area contributed by atoms with Gasteiger partial charge in [-0.3, -0.25) is 14.9 Å². The first kappa shape index (κ1) is 17.2. The Bertz CT molecular complexity index is 982. The van der Waals surface area contributed by atoms with Crippen LogP contribution in [0.5, 0.6) is 5.75 Å². The van der Waals surface area contributed by atoms with Gasteiger partial charge in [-0.1, -0.05) is 17.7 Å². The zero-order valence-electron chi connectivity index (χ0n) is 14.2. The number of imide groups is 1. The zero-order chi connectivity index (χ0) is 19.2. The molecule has 2 aromatic rings. The Morgan fingerprint density at radius 2 is 2.15 bits per heavy atom. The monoisotopic (exact) mass is 387 g/mol. The zero-order valence-corrected chi connectivity index (χ0v) is 14.9. The number of halogens is 1. The molecule has 0 radical (unpaired) electrons. The third-order valence-electron chi connectivity index (χ3n) is 4.69. The first-order valence-electron chi connectivity index (χ1n) is 8.00. The van der Waals surface area contributed by atoms with E-state index < -0.39 is 17.5 Å². The lowest BCUT2D eigenvalue weighted by Gasteiger charge is -2.31. The molecule has 4 rings (SSSR count). The number of benzene rings is 1. The van der Waals surface area contributed by atoms with Crippen molar-refractivity contribution in [3.8, 4) is 5.75 Å². The number of carbonyl (C=O) groups excluding carboxylic acids is 3. The molecule has 1 aromatic heterocycles. The van der Waals surface area contributed by atoms with Gasteiger partial charge in [0.1, 0.15) is 17.2 Å². The molecule has 0 aliphatic carbocycles. The third kappa shape index (κ3) is 2.67. The van der Waals surface area contributed by atoms with E-state index in [0.717, 1.165) is 5.56 Å². The predicted molar refractivity (Wildman–Crippen MR) is 93.1 cm³/mol. The Labute approximate surface area is 158 Å². The minimum Gasteiger partial charge on any atom is -0.497 e. The summed E-state index contributed by atoms with van der Waals surface area (Å²) < 4.78 is 5.17. The molecule has 138 valence electrons. The summed E-state index contributed by atoms with van der Waals surface area (Å²) in [7, 11) is 1.52. The van der Waals surface area contributed by atoms with E-state index in [1.807, 2.05) is 0 Å². The average molecular weight is 388 g/mol. The van der Waals surface area contributed by atoms with Gasteiger partial charge in [0.25, 0.3) is 11.8 Å². The molecule has 1 saturated heterocycles. The minimum atomic E-state index is -1.57. The third-order valence-corrected chi connectivity index (χ3v) is 4.99. The number of hydrogen-bond acceptors (Lipinski definition) is 6. The van der Waals surface area contributed by atoms with Gasteiger partial charge in [0.2, 0.25) is 0 Å². The molecule has 9 nitrogen and oxygen atoms in total. The lowest BCUT2D eigenvalue weighted by Crippen LogP contribution is -2.53. The number of hydrogen-bond donors (Lipinski definition) is 2. The normalized spacial score (nSPS) is 21.1. The summed E-state index contributed by atoms with van der Waals surface area (Å²) in [5.74, 6) is -0.333. The second-order valence-electron chi connectivity index (χ2n) is 6.23. The summed E-state index contributed by atoms with van der Waals surface area (Å²) in [6.07, 6.45) is 2.59. The van der Waals surface area contributed by atoms with Crippen molar-refractivity contribution in [1.29, 1.82) is 0 Å². The first-order valence-corrected chi connectivity index (χ1v) is 8.38. The Kier molecular flexibility index (Phi) is 3.96. The van der Waals surface area contributed by atoms with Crippen LogP contribution in [-0.2, 0) is 16.9 Å². The summed E-state index contributed by atoms with van der Waals surface area (Å²) in [6.45, 7) is 0.169. The van der Waals surface area contributed by atoms with Crippen LogP contribution >= 0.6 is 11.6 Å². The van der Waals surface area contributed by atoms with Crippen LogP contribution < -0.4 is 15.4 Å². The standard InChI is InChI=1S/C17H14ClN5O4/c1-27-10-3-2-9-6-23(14(24)11(9)4-10)7-17(15(25)21-16(26)22-17)12-5-19-8-20-13(12)18/h2-5,8H,6-7H2,1H3,(H2,21,22,25,26)/t17-/m0/s1. The molecular formula is C17H14ClN5O4. The van der Waals surface area contributed by atoms with Crippen molar-refractivity contribution in [1.82, 2.24) is 25.5 Å². The quantitative estimate of drug-likeness (QED) is 0.593. The highest BCUT2D eigenvalue weighted by atomic mass is 35.5. The Hall–Kier alpha value is -3.20. The Morgan fingerprint density at radius 1 is 1.33 bits per heavy atom. The fourth-order valence-electron chi connectivity index (χ4n) is 3.36. The van der Waals surface area contributed by atoms with Crippen LogP contribution in [0, 0.1) is 0 Å². The van der Waals surface area contributed by atoms with E-state index >= 15 is 0 Å². The Balaban J connectivity index is 1.72. The van der Waals surface area contributed by atoms with Crippen molar-refractivity contribution in [2.24, 2.45) is 0 Å². The molecule has 3 heterocycles. The predicted octanol–water partition coefficient (Wildman–Crippen LogP) is 0.829. The van der Waals surface area contributed by atoms with E-state index in [2.05, 4.69) is 20.6 Å². The van der Waals surface area contributed by atoms with Crippen molar-refractivity contribution in [3.63, 3.8) is 0 Å². The maximum absolute atomic E-state index is 12.9. The fourth-order valence-corrected chi connectivity index (χ4v) is 3.61. The summed E-state index contributed by atoms with van der Waals surface area (Å²) >= 11 is 6.16. The fraction of sp³-hybridized carbons (Fsp3) is 0.235. The van der Waals surface area contributed by atoms with Gasteiger partial charge < -0.3 is 15.0 Å². The van der Waals surface area contributed by atoms with Gasteiger partial charge in [0.05, 0.1) is 13.7 Å². The van der Waals surface area contributed by atoms with Gasteiger partial charge >= 0.3 is 6.03 Å². The van der Waals surface area contributed by atoms with Gasteiger partial charge in [-0.2, -0.15) is 0 Å². The summed E-state index contributed by atoms with van der Waals surface area (Å²) in [5, 5.41) is 4.81. The van der Waals surface area contributed by atoms with Crippen LogP contribution in [-0.4, -0.2) is 46.4 Å². The number of urea groups is 1.